The van der Waals surface area contributed by atoms with Crippen LogP contribution in [0, 0.1) is 6.92 Å². The molecule has 0 aliphatic rings. The Kier molecular flexibility index (Phi) is 3.62. The second kappa shape index (κ2) is 5.17. The summed E-state index contributed by atoms with van der Waals surface area (Å²) in [6, 6.07) is 16.7. The van der Waals surface area contributed by atoms with E-state index < -0.39 is 0 Å². The van der Waals surface area contributed by atoms with Gasteiger partial charge in [0.1, 0.15) is 0 Å². The number of para-hydroxylation sites is 1. The van der Waals surface area contributed by atoms with Crippen molar-refractivity contribution in [2.75, 3.05) is 5.32 Å². The third-order valence-electron chi connectivity index (χ3n) is 2.37. The highest BCUT2D eigenvalue weighted by molar-refractivity contribution is 9.10. The molecule has 1 N–H and O–H groups in total. The highest BCUT2D eigenvalue weighted by Crippen LogP contribution is 2.16. The van der Waals surface area contributed by atoms with Crippen molar-refractivity contribution in [3.05, 3.63) is 64.1 Å². The van der Waals surface area contributed by atoms with Crippen molar-refractivity contribution in [1.82, 2.24) is 0 Å². The molecule has 0 saturated heterocycles. The van der Waals surface area contributed by atoms with E-state index in [0.29, 0.717) is 0 Å². The molecule has 2 aromatic rings. The van der Waals surface area contributed by atoms with E-state index in [4.69, 9.17) is 0 Å². The first-order chi connectivity index (χ1) is 7.74. The molecule has 0 unspecified atom stereocenters. The number of rotatable bonds is 3. The van der Waals surface area contributed by atoms with E-state index in [9.17, 15) is 0 Å². The summed E-state index contributed by atoms with van der Waals surface area (Å²) in [4.78, 5) is 0. The first-order valence-corrected chi connectivity index (χ1v) is 6.08. The summed E-state index contributed by atoms with van der Waals surface area (Å²) < 4.78 is 1.14. The van der Waals surface area contributed by atoms with Crippen molar-refractivity contribution in [3.63, 3.8) is 0 Å². The fraction of sp³-hybridized carbons (Fsp3) is 0.143. The fourth-order valence-electron chi connectivity index (χ4n) is 1.67. The molecule has 0 fully saturated rings. The lowest BCUT2D eigenvalue weighted by Gasteiger charge is -2.07. The molecule has 0 atom stereocenters. The summed E-state index contributed by atoms with van der Waals surface area (Å²) in [7, 11) is 0. The molecule has 0 spiro atoms. The average Bonchev–Trinajstić information content (AvgIpc) is 2.27. The van der Waals surface area contributed by atoms with Gasteiger partial charge in [0, 0.05) is 16.7 Å². The molecule has 0 radical (unpaired) electrons. The Balaban J connectivity index is 2.05. The molecule has 0 saturated carbocycles. The summed E-state index contributed by atoms with van der Waals surface area (Å²) in [5.74, 6) is 0. The van der Waals surface area contributed by atoms with E-state index in [1.165, 1.54) is 11.1 Å². The SMILES string of the molecule is Cc1cc(Br)cc(CNc2ccccc2)c1. The van der Waals surface area contributed by atoms with Gasteiger partial charge in [0.05, 0.1) is 0 Å². The van der Waals surface area contributed by atoms with Gasteiger partial charge in [-0.1, -0.05) is 40.2 Å². The Morgan fingerprint density at radius 2 is 1.81 bits per heavy atom. The normalized spacial score (nSPS) is 10.1. The minimum atomic E-state index is 0.851. The van der Waals surface area contributed by atoms with Gasteiger partial charge in [-0.05, 0) is 42.3 Å². The van der Waals surface area contributed by atoms with E-state index in [-0.39, 0.29) is 0 Å². The maximum absolute atomic E-state index is 3.51. The van der Waals surface area contributed by atoms with E-state index >= 15 is 0 Å². The maximum atomic E-state index is 3.51. The van der Waals surface area contributed by atoms with Crippen molar-refractivity contribution >= 4 is 21.6 Å². The number of aryl methyl sites for hydroxylation is 1. The Labute approximate surface area is 105 Å². The van der Waals surface area contributed by atoms with Crippen LogP contribution >= 0.6 is 15.9 Å². The van der Waals surface area contributed by atoms with E-state index in [1.54, 1.807) is 0 Å². The lowest BCUT2D eigenvalue weighted by Crippen LogP contribution is -1.99. The molecule has 0 bridgehead atoms. The van der Waals surface area contributed by atoms with E-state index in [1.807, 2.05) is 18.2 Å². The van der Waals surface area contributed by atoms with Gasteiger partial charge in [0.25, 0.3) is 0 Å². The highest BCUT2D eigenvalue weighted by Gasteiger charge is 1.96. The summed E-state index contributed by atoms with van der Waals surface area (Å²) in [5, 5.41) is 3.39. The lowest BCUT2D eigenvalue weighted by molar-refractivity contribution is 1.14. The molecule has 2 aromatic carbocycles. The maximum Gasteiger partial charge on any atom is 0.0401 e. The molecular weight excluding hydrogens is 262 g/mol. The van der Waals surface area contributed by atoms with Crippen molar-refractivity contribution in [2.24, 2.45) is 0 Å². The highest BCUT2D eigenvalue weighted by atomic mass is 79.9. The zero-order valence-electron chi connectivity index (χ0n) is 9.20. The molecule has 0 amide bonds. The third-order valence-corrected chi connectivity index (χ3v) is 2.83. The zero-order valence-corrected chi connectivity index (χ0v) is 10.8. The minimum absolute atomic E-state index is 0.851. The topological polar surface area (TPSA) is 12.0 Å². The van der Waals surface area contributed by atoms with Gasteiger partial charge in [-0.3, -0.25) is 0 Å². The molecule has 82 valence electrons. The molecule has 0 aromatic heterocycles. The standard InChI is InChI=1S/C14H14BrN/c1-11-7-12(9-13(15)8-11)10-16-14-5-3-2-4-6-14/h2-9,16H,10H2,1H3. The number of hydrogen-bond acceptors (Lipinski definition) is 1. The number of benzene rings is 2. The van der Waals surface area contributed by atoms with Crippen LogP contribution in [-0.2, 0) is 6.54 Å². The number of hydrogen-bond donors (Lipinski definition) is 1. The van der Waals surface area contributed by atoms with Crippen molar-refractivity contribution in [3.8, 4) is 0 Å². The summed E-state index contributed by atoms with van der Waals surface area (Å²) in [6.07, 6.45) is 0. The van der Waals surface area contributed by atoms with Crippen molar-refractivity contribution in [1.29, 1.82) is 0 Å². The number of halogens is 1. The van der Waals surface area contributed by atoms with Gasteiger partial charge < -0.3 is 5.32 Å². The molecule has 0 aliphatic heterocycles. The van der Waals surface area contributed by atoms with E-state index in [2.05, 4.69) is 58.5 Å². The summed E-state index contributed by atoms with van der Waals surface area (Å²) in [6.45, 7) is 2.96. The third kappa shape index (κ3) is 3.11. The second-order valence-electron chi connectivity index (χ2n) is 3.86. The van der Waals surface area contributed by atoms with Crippen molar-refractivity contribution < 1.29 is 0 Å². The Morgan fingerprint density at radius 3 is 2.50 bits per heavy atom. The number of nitrogens with one attached hydrogen (secondary N) is 1. The van der Waals surface area contributed by atoms with Gasteiger partial charge in [0.2, 0.25) is 0 Å². The van der Waals surface area contributed by atoms with E-state index in [0.717, 1.165) is 16.7 Å². The quantitative estimate of drug-likeness (QED) is 0.877. The van der Waals surface area contributed by atoms with Gasteiger partial charge in [0.15, 0.2) is 0 Å². The van der Waals surface area contributed by atoms with Crippen LogP contribution in [0.3, 0.4) is 0 Å². The smallest absolute Gasteiger partial charge is 0.0401 e. The van der Waals surface area contributed by atoms with Crippen LogP contribution in [0.1, 0.15) is 11.1 Å². The van der Waals surface area contributed by atoms with Crippen LogP contribution in [0.4, 0.5) is 5.69 Å². The molecule has 0 heterocycles. The minimum Gasteiger partial charge on any atom is -0.381 e. The van der Waals surface area contributed by atoms with Crippen LogP contribution < -0.4 is 5.32 Å². The fourth-order valence-corrected chi connectivity index (χ4v) is 2.33. The summed E-state index contributed by atoms with van der Waals surface area (Å²) in [5.41, 5.74) is 3.72. The lowest BCUT2D eigenvalue weighted by atomic mass is 10.1. The molecule has 1 nitrogen and oxygen atoms in total. The first-order valence-electron chi connectivity index (χ1n) is 5.29. The monoisotopic (exact) mass is 275 g/mol. The van der Waals surface area contributed by atoms with Crippen molar-refractivity contribution in [2.45, 2.75) is 13.5 Å². The predicted octanol–water partition coefficient (Wildman–Crippen LogP) is 4.37. The van der Waals surface area contributed by atoms with Crippen LogP contribution in [0.5, 0.6) is 0 Å². The Morgan fingerprint density at radius 1 is 1.06 bits per heavy atom. The van der Waals surface area contributed by atoms with Gasteiger partial charge in [-0.2, -0.15) is 0 Å². The number of anilines is 1. The average molecular weight is 276 g/mol. The largest absolute Gasteiger partial charge is 0.381 e. The van der Waals surface area contributed by atoms with Gasteiger partial charge >= 0.3 is 0 Å². The van der Waals surface area contributed by atoms with Gasteiger partial charge in [-0.25, -0.2) is 0 Å². The van der Waals surface area contributed by atoms with Crippen LogP contribution in [0.25, 0.3) is 0 Å². The molecule has 2 heteroatoms. The summed E-state index contributed by atoms with van der Waals surface area (Å²) >= 11 is 3.51. The zero-order chi connectivity index (χ0) is 11.4. The van der Waals surface area contributed by atoms with Gasteiger partial charge in [-0.15, -0.1) is 0 Å². The molecular formula is C14H14BrN. The molecule has 2 rings (SSSR count). The predicted molar refractivity (Wildman–Crippen MR) is 72.6 cm³/mol. The van der Waals surface area contributed by atoms with Crippen LogP contribution in [-0.4, -0.2) is 0 Å². The second-order valence-corrected chi connectivity index (χ2v) is 4.77. The first kappa shape index (κ1) is 11.2. The van der Waals surface area contributed by atoms with Crippen LogP contribution in [0.15, 0.2) is 53.0 Å². The molecule has 0 aliphatic carbocycles. The van der Waals surface area contributed by atoms with Crippen LogP contribution in [0.2, 0.25) is 0 Å². The Hall–Kier alpha value is -1.28. The molecule has 16 heavy (non-hydrogen) atoms. The Bertz CT molecular complexity index is 445.